The van der Waals surface area contributed by atoms with Gasteiger partial charge in [0, 0.05) is 0 Å². The lowest BCUT2D eigenvalue weighted by molar-refractivity contribution is -0.384. The van der Waals surface area contributed by atoms with E-state index in [1.165, 1.54) is 12.1 Å². The van der Waals surface area contributed by atoms with E-state index in [1.807, 2.05) is 0 Å². The van der Waals surface area contributed by atoms with Crippen LogP contribution < -0.4 is 5.73 Å². The maximum Gasteiger partial charge on any atom is 0.334 e. The first kappa shape index (κ1) is 11.8. The summed E-state index contributed by atoms with van der Waals surface area (Å²) < 4.78 is 0. The van der Waals surface area contributed by atoms with Crippen molar-refractivity contribution in [1.29, 1.82) is 0 Å². The molecule has 0 amide bonds. The second-order valence-electron chi connectivity index (χ2n) is 2.09. The number of nitrogens with two attached hydrogens (primary N) is 1. The van der Waals surface area contributed by atoms with E-state index in [4.69, 9.17) is 22.4 Å². The van der Waals surface area contributed by atoms with E-state index >= 15 is 0 Å². The maximum atomic E-state index is 10.3. The van der Waals surface area contributed by atoms with Crippen LogP contribution in [0.2, 0.25) is 5.02 Å². The minimum Gasteiger partial charge on any atom is -0.501 e. The Labute approximate surface area is 84.7 Å². The molecule has 0 unspecified atom stereocenters. The number of phenols is 1. The third kappa shape index (κ3) is 2.13. The third-order valence-electron chi connectivity index (χ3n) is 1.32. The number of halogens is 2. The summed E-state index contributed by atoms with van der Waals surface area (Å²) >= 11 is 5.42. The predicted octanol–water partition coefficient (Wildman–Crippen LogP) is 1.96. The van der Waals surface area contributed by atoms with E-state index in [1.54, 1.807) is 0 Å². The fourth-order valence-corrected chi connectivity index (χ4v) is 0.915. The van der Waals surface area contributed by atoms with Crippen molar-refractivity contribution in [3.05, 3.63) is 27.3 Å². The number of hydrogen-bond acceptors (Lipinski definition) is 4. The van der Waals surface area contributed by atoms with Crippen LogP contribution in [-0.2, 0) is 0 Å². The molecule has 0 aliphatic heterocycles. The van der Waals surface area contributed by atoms with E-state index in [0.29, 0.717) is 0 Å². The highest BCUT2D eigenvalue weighted by Crippen LogP contribution is 2.37. The van der Waals surface area contributed by atoms with Gasteiger partial charge >= 0.3 is 5.69 Å². The lowest BCUT2D eigenvalue weighted by Crippen LogP contribution is -1.95. The molecule has 0 bridgehead atoms. The Morgan fingerprint density at radius 3 is 2.46 bits per heavy atom. The van der Waals surface area contributed by atoms with Crippen LogP contribution in [0, 0.1) is 10.1 Å². The number of phenolic OH excluding ortho intramolecular Hbond substituents is 1. The predicted molar refractivity (Wildman–Crippen MR) is 51.4 cm³/mol. The zero-order valence-electron chi connectivity index (χ0n) is 6.23. The van der Waals surface area contributed by atoms with E-state index < -0.39 is 16.4 Å². The van der Waals surface area contributed by atoms with Gasteiger partial charge in [-0.2, -0.15) is 0 Å². The second kappa shape index (κ2) is 4.15. The Hall–Kier alpha value is -1.20. The smallest absolute Gasteiger partial charge is 0.334 e. The van der Waals surface area contributed by atoms with Crippen LogP contribution in [0.4, 0.5) is 11.4 Å². The van der Waals surface area contributed by atoms with Gasteiger partial charge in [0.1, 0.15) is 5.69 Å². The number of aromatic hydroxyl groups is 1. The molecule has 7 heteroatoms. The first-order valence-electron chi connectivity index (χ1n) is 2.95. The van der Waals surface area contributed by atoms with Gasteiger partial charge in [-0.3, -0.25) is 10.1 Å². The van der Waals surface area contributed by atoms with Gasteiger partial charge in [0.05, 0.1) is 9.95 Å². The van der Waals surface area contributed by atoms with Crippen molar-refractivity contribution in [3.63, 3.8) is 0 Å². The molecule has 0 aliphatic carbocycles. The molecule has 0 spiro atoms. The fourth-order valence-electron chi connectivity index (χ4n) is 0.763. The summed E-state index contributed by atoms with van der Waals surface area (Å²) in [5, 5.41) is 19.3. The maximum absolute atomic E-state index is 10.3. The molecule has 3 N–H and O–H groups in total. The van der Waals surface area contributed by atoms with Crippen LogP contribution in [0.3, 0.4) is 0 Å². The van der Waals surface area contributed by atoms with Gasteiger partial charge in [0.25, 0.3) is 0 Å². The lowest BCUT2D eigenvalue weighted by atomic mass is 10.2. The highest BCUT2D eigenvalue weighted by atomic mass is 35.5. The monoisotopic (exact) mass is 224 g/mol. The quantitative estimate of drug-likeness (QED) is 0.434. The Morgan fingerprint density at radius 2 is 2.08 bits per heavy atom. The molecule has 0 fully saturated rings. The number of benzene rings is 1. The summed E-state index contributed by atoms with van der Waals surface area (Å²) in [5.74, 6) is -0.596. The molecule has 1 rings (SSSR count). The van der Waals surface area contributed by atoms with Crippen molar-refractivity contribution >= 4 is 35.4 Å². The van der Waals surface area contributed by atoms with Gasteiger partial charge in [0.15, 0.2) is 0 Å². The second-order valence-corrected chi connectivity index (χ2v) is 2.50. The van der Waals surface area contributed by atoms with Crippen LogP contribution in [-0.4, -0.2) is 10.0 Å². The molecule has 5 nitrogen and oxygen atoms in total. The molecule has 1 aromatic carbocycles. The summed E-state index contributed by atoms with van der Waals surface area (Å²) in [6.45, 7) is 0. The van der Waals surface area contributed by atoms with E-state index in [-0.39, 0.29) is 23.1 Å². The lowest BCUT2D eigenvalue weighted by Gasteiger charge is -2.00. The van der Waals surface area contributed by atoms with Gasteiger partial charge in [-0.15, -0.1) is 12.4 Å². The molecule has 0 atom stereocenters. The molecule has 0 saturated heterocycles. The van der Waals surface area contributed by atoms with Gasteiger partial charge in [0.2, 0.25) is 5.75 Å². The average molecular weight is 225 g/mol. The Morgan fingerprint density at radius 1 is 1.54 bits per heavy atom. The van der Waals surface area contributed by atoms with Crippen molar-refractivity contribution in [2.45, 2.75) is 0 Å². The van der Waals surface area contributed by atoms with Gasteiger partial charge in [-0.25, -0.2) is 0 Å². The van der Waals surface area contributed by atoms with Crippen molar-refractivity contribution in [1.82, 2.24) is 0 Å². The normalized spacial score (nSPS) is 9.00. The zero-order chi connectivity index (χ0) is 9.30. The molecule has 0 aliphatic rings. The summed E-state index contributed by atoms with van der Waals surface area (Å²) in [7, 11) is 0. The van der Waals surface area contributed by atoms with Crippen molar-refractivity contribution in [3.8, 4) is 5.75 Å². The van der Waals surface area contributed by atoms with Crippen LogP contribution >= 0.6 is 24.0 Å². The number of nitro groups is 1. The number of rotatable bonds is 1. The topological polar surface area (TPSA) is 89.4 Å². The Kier molecular flexibility index (Phi) is 3.77. The largest absolute Gasteiger partial charge is 0.501 e. The minimum absolute atomic E-state index is 0. The Bertz CT molecular complexity index is 343. The molecular weight excluding hydrogens is 219 g/mol. The van der Waals surface area contributed by atoms with Crippen LogP contribution in [0.25, 0.3) is 0 Å². The molecule has 0 heterocycles. The molecule has 0 aromatic heterocycles. The van der Waals surface area contributed by atoms with Gasteiger partial charge < -0.3 is 10.8 Å². The highest BCUT2D eigenvalue weighted by Gasteiger charge is 2.19. The summed E-state index contributed by atoms with van der Waals surface area (Å²) in [6, 6.07) is 2.55. The van der Waals surface area contributed by atoms with E-state index in [2.05, 4.69) is 0 Å². The number of nitrogens with zero attached hydrogens (tertiary/aromatic N) is 1. The number of hydrogen-bond donors (Lipinski definition) is 2. The first-order chi connectivity index (χ1) is 5.54. The summed E-state index contributed by atoms with van der Waals surface area (Å²) in [5.41, 5.74) is 4.57. The van der Waals surface area contributed by atoms with E-state index in [9.17, 15) is 10.1 Å². The van der Waals surface area contributed by atoms with Gasteiger partial charge in [-0.05, 0) is 12.1 Å². The Balaban J connectivity index is 0.00000144. The molecule has 72 valence electrons. The zero-order valence-corrected chi connectivity index (χ0v) is 7.80. The van der Waals surface area contributed by atoms with Crippen molar-refractivity contribution < 1.29 is 10.0 Å². The van der Waals surface area contributed by atoms with Crippen LogP contribution in [0.1, 0.15) is 0 Å². The average Bonchev–Trinajstić information content (AvgIpc) is 1.97. The standard InChI is InChI=1S/C6H5ClN2O3.ClH/c7-3-1-2-4(8)5(6(3)10)9(11)12;/h1-2,10H,8H2;1H. The highest BCUT2D eigenvalue weighted by molar-refractivity contribution is 6.32. The van der Waals surface area contributed by atoms with Crippen LogP contribution in [0.5, 0.6) is 5.75 Å². The number of nitrogen functional groups attached to an aromatic ring is 1. The summed E-state index contributed by atoms with van der Waals surface area (Å²) in [4.78, 5) is 9.52. The van der Waals surface area contributed by atoms with Crippen molar-refractivity contribution in [2.75, 3.05) is 5.73 Å². The SMILES string of the molecule is Cl.Nc1ccc(Cl)c(O)c1[N+](=O)[O-]. The number of nitro benzene ring substituents is 1. The first-order valence-corrected chi connectivity index (χ1v) is 3.33. The molecule has 13 heavy (non-hydrogen) atoms. The van der Waals surface area contributed by atoms with Crippen LogP contribution in [0.15, 0.2) is 12.1 Å². The molecule has 0 saturated carbocycles. The molecular formula is C6H6Cl2N2O3. The third-order valence-corrected chi connectivity index (χ3v) is 1.62. The van der Waals surface area contributed by atoms with Crippen molar-refractivity contribution in [2.24, 2.45) is 0 Å². The fraction of sp³-hybridized carbons (Fsp3) is 0. The minimum atomic E-state index is -0.781. The van der Waals surface area contributed by atoms with E-state index in [0.717, 1.165) is 0 Å². The number of anilines is 1. The van der Waals surface area contributed by atoms with Gasteiger partial charge in [-0.1, -0.05) is 11.6 Å². The molecule has 1 aromatic rings. The molecule has 0 radical (unpaired) electrons. The summed E-state index contributed by atoms with van der Waals surface area (Å²) in [6.07, 6.45) is 0.